The van der Waals surface area contributed by atoms with Gasteiger partial charge in [0.1, 0.15) is 5.82 Å². The number of carbonyl (C=O) groups excluding carboxylic acids is 1. The molecule has 1 aromatic carbocycles. The van der Waals surface area contributed by atoms with E-state index in [-0.39, 0.29) is 6.03 Å². The number of nitrogens with zero attached hydrogens (tertiary/aromatic N) is 4. The normalized spacial score (nSPS) is 11.0. The number of hydrogen-bond acceptors (Lipinski definition) is 3. The second-order valence-electron chi connectivity index (χ2n) is 7.36. The summed E-state index contributed by atoms with van der Waals surface area (Å²) in [6, 6.07) is 6.48. The monoisotopic (exact) mass is 371 g/mol. The van der Waals surface area contributed by atoms with Gasteiger partial charge in [-0.3, -0.25) is 0 Å². The van der Waals surface area contributed by atoms with E-state index in [4.69, 9.17) is 0 Å². The second kappa shape index (κ2) is 10.1. The fourth-order valence-electron chi connectivity index (χ4n) is 2.88. The summed E-state index contributed by atoms with van der Waals surface area (Å²) in [6.07, 6.45) is 4.73. The molecule has 6 heteroatoms. The summed E-state index contributed by atoms with van der Waals surface area (Å²) in [5, 5.41) is 2.99. The maximum absolute atomic E-state index is 12.6. The number of nitrogens with one attached hydrogen (secondary N) is 1. The second-order valence-corrected chi connectivity index (χ2v) is 7.36. The van der Waals surface area contributed by atoms with E-state index in [0.29, 0.717) is 19.6 Å². The lowest BCUT2D eigenvalue weighted by Crippen LogP contribution is -2.43. The van der Waals surface area contributed by atoms with Crippen molar-refractivity contribution in [3.63, 3.8) is 0 Å². The van der Waals surface area contributed by atoms with Crippen LogP contribution in [0, 0.1) is 13.8 Å². The molecule has 1 N–H and O–H groups in total. The third kappa shape index (κ3) is 6.40. The van der Waals surface area contributed by atoms with Gasteiger partial charge in [-0.2, -0.15) is 0 Å². The molecular weight excluding hydrogens is 338 g/mol. The number of aromatic nitrogens is 2. The van der Waals surface area contributed by atoms with Crippen molar-refractivity contribution in [3.8, 4) is 0 Å². The van der Waals surface area contributed by atoms with Gasteiger partial charge in [-0.25, -0.2) is 9.78 Å². The minimum absolute atomic E-state index is 0.0278. The van der Waals surface area contributed by atoms with Crippen molar-refractivity contribution in [1.82, 2.24) is 24.7 Å². The summed E-state index contributed by atoms with van der Waals surface area (Å²) in [5.74, 6) is 0.904. The molecule has 2 aromatic rings. The lowest BCUT2D eigenvalue weighted by Gasteiger charge is -2.25. The molecule has 1 aromatic heterocycles. The molecule has 0 saturated heterocycles. The summed E-state index contributed by atoms with van der Waals surface area (Å²) < 4.78 is 2.14. The molecule has 0 aliphatic rings. The van der Waals surface area contributed by atoms with Gasteiger partial charge in [-0.05, 0) is 45.5 Å². The zero-order valence-electron chi connectivity index (χ0n) is 17.3. The van der Waals surface area contributed by atoms with Crippen molar-refractivity contribution < 1.29 is 4.79 Å². The summed E-state index contributed by atoms with van der Waals surface area (Å²) in [7, 11) is 4.03. The number of benzene rings is 1. The van der Waals surface area contributed by atoms with E-state index < -0.39 is 0 Å². The molecule has 0 spiro atoms. The fraction of sp³-hybridized carbons (Fsp3) is 0.524. The van der Waals surface area contributed by atoms with E-state index in [2.05, 4.69) is 58.7 Å². The van der Waals surface area contributed by atoms with Crippen LogP contribution in [0.25, 0.3) is 0 Å². The highest BCUT2D eigenvalue weighted by Gasteiger charge is 2.16. The summed E-state index contributed by atoms with van der Waals surface area (Å²) >= 11 is 0. The number of imidazole rings is 1. The van der Waals surface area contributed by atoms with Crippen LogP contribution in [0.5, 0.6) is 0 Å². The van der Waals surface area contributed by atoms with Gasteiger partial charge in [0, 0.05) is 38.6 Å². The highest BCUT2D eigenvalue weighted by atomic mass is 16.2. The average molecular weight is 372 g/mol. The van der Waals surface area contributed by atoms with E-state index in [1.807, 2.05) is 31.4 Å². The first-order valence-corrected chi connectivity index (χ1v) is 9.64. The number of carbonyl (C=O) groups is 1. The molecule has 0 fully saturated rings. The fourth-order valence-corrected chi connectivity index (χ4v) is 2.88. The van der Waals surface area contributed by atoms with Crippen LogP contribution in [0.1, 0.15) is 35.9 Å². The Hall–Kier alpha value is -2.34. The molecule has 0 bridgehead atoms. The van der Waals surface area contributed by atoms with Gasteiger partial charge in [0.15, 0.2) is 0 Å². The summed E-state index contributed by atoms with van der Waals surface area (Å²) in [4.78, 5) is 21.0. The first kappa shape index (κ1) is 21.0. The summed E-state index contributed by atoms with van der Waals surface area (Å²) in [6.45, 7) is 9.74. The van der Waals surface area contributed by atoms with Gasteiger partial charge in [-0.15, -0.1) is 0 Å². The molecule has 2 rings (SSSR count). The van der Waals surface area contributed by atoms with E-state index in [9.17, 15) is 4.79 Å². The van der Waals surface area contributed by atoms with E-state index >= 15 is 0 Å². The Labute approximate surface area is 163 Å². The van der Waals surface area contributed by atoms with Crippen LogP contribution in [-0.2, 0) is 13.1 Å². The Balaban J connectivity index is 2.14. The molecule has 0 saturated carbocycles. The molecule has 148 valence electrons. The van der Waals surface area contributed by atoms with E-state index in [0.717, 1.165) is 25.3 Å². The first-order valence-electron chi connectivity index (χ1n) is 9.64. The Morgan fingerprint density at radius 3 is 2.70 bits per heavy atom. The molecule has 0 aliphatic heterocycles. The molecule has 27 heavy (non-hydrogen) atoms. The zero-order valence-corrected chi connectivity index (χ0v) is 17.3. The highest BCUT2D eigenvalue weighted by Crippen LogP contribution is 2.14. The van der Waals surface area contributed by atoms with Crippen molar-refractivity contribution in [2.24, 2.45) is 0 Å². The molecule has 2 amide bonds. The SMILES string of the molecule is CCCNC(=O)N(CCN(C)C)Cc1nccn1Cc1cc(C)ccc1C. The van der Waals surface area contributed by atoms with Crippen LogP contribution >= 0.6 is 0 Å². The number of likely N-dealkylation sites (N-methyl/N-ethyl adjacent to an activating group) is 1. The van der Waals surface area contributed by atoms with Crippen molar-refractivity contribution in [3.05, 3.63) is 53.1 Å². The van der Waals surface area contributed by atoms with Crippen LogP contribution in [0.4, 0.5) is 4.79 Å². The quantitative estimate of drug-likeness (QED) is 0.737. The Kier molecular flexibility index (Phi) is 7.85. The van der Waals surface area contributed by atoms with Gasteiger partial charge in [0.05, 0.1) is 6.54 Å². The third-order valence-electron chi connectivity index (χ3n) is 4.61. The van der Waals surface area contributed by atoms with Crippen LogP contribution < -0.4 is 5.32 Å². The van der Waals surface area contributed by atoms with E-state index in [1.54, 1.807) is 0 Å². The number of hydrogen-bond donors (Lipinski definition) is 1. The number of urea groups is 1. The molecule has 0 aliphatic carbocycles. The zero-order chi connectivity index (χ0) is 19.8. The van der Waals surface area contributed by atoms with Crippen LogP contribution in [0.15, 0.2) is 30.6 Å². The lowest BCUT2D eigenvalue weighted by molar-refractivity contribution is 0.186. The van der Waals surface area contributed by atoms with Crippen LogP contribution in [0.2, 0.25) is 0 Å². The van der Waals surface area contributed by atoms with Gasteiger partial charge in [0.2, 0.25) is 0 Å². The first-order chi connectivity index (χ1) is 12.9. The van der Waals surface area contributed by atoms with Gasteiger partial charge in [0.25, 0.3) is 0 Å². The Bertz CT molecular complexity index is 738. The van der Waals surface area contributed by atoms with Gasteiger partial charge in [-0.1, -0.05) is 30.7 Å². The van der Waals surface area contributed by atoms with Crippen molar-refractivity contribution in [2.45, 2.75) is 40.3 Å². The topological polar surface area (TPSA) is 53.4 Å². The molecule has 0 radical (unpaired) electrons. The van der Waals surface area contributed by atoms with E-state index in [1.165, 1.54) is 16.7 Å². The van der Waals surface area contributed by atoms with Crippen molar-refractivity contribution in [1.29, 1.82) is 0 Å². The highest BCUT2D eigenvalue weighted by molar-refractivity contribution is 5.74. The molecule has 0 unspecified atom stereocenters. The standard InChI is InChI=1S/C21H33N5O/c1-6-9-23-21(27)26(13-12-24(4)5)16-20-22-10-11-25(20)15-19-14-17(2)7-8-18(19)3/h7-8,10-11,14H,6,9,12-13,15-16H2,1-5H3,(H,23,27). The number of aryl methyl sites for hydroxylation is 2. The van der Waals surface area contributed by atoms with Crippen LogP contribution in [-0.4, -0.2) is 59.1 Å². The Morgan fingerprint density at radius 1 is 1.22 bits per heavy atom. The predicted molar refractivity (Wildman–Crippen MR) is 110 cm³/mol. The van der Waals surface area contributed by atoms with Crippen LogP contribution in [0.3, 0.4) is 0 Å². The third-order valence-corrected chi connectivity index (χ3v) is 4.61. The smallest absolute Gasteiger partial charge is 0.317 e. The predicted octanol–water partition coefficient (Wildman–Crippen LogP) is 3.03. The molecule has 0 atom stereocenters. The maximum atomic E-state index is 12.6. The average Bonchev–Trinajstić information content (AvgIpc) is 3.06. The largest absolute Gasteiger partial charge is 0.338 e. The molecule has 6 nitrogen and oxygen atoms in total. The number of amides is 2. The maximum Gasteiger partial charge on any atom is 0.317 e. The molecular formula is C21H33N5O. The lowest BCUT2D eigenvalue weighted by atomic mass is 10.1. The van der Waals surface area contributed by atoms with Crippen molar-refractivity contribution in [2.75, 3.05) is 33.7 Å². The van der Waals surface area contributed by atoms with Crippen molar-refractivity contribution >= 4 is 6.03 Å². The minimum Gasteiger partial charge on any atom is -0.338 e. The molecule has 1 heterocycles. The van der Waals surface area contributed by atoms with Gasteiger partial charge >= 0.3 is 6.03 Å². The number of rotatable bonds is 9. The summed E-state index contributed by atoms with van der Waals surface area (Å²) in [5.41, 5.74) is 3.80. The minimum atomic E-state index is -0.0278. The van der Waals surface area contributed by atoms with Gasteiger partial charge < -0.3 is 19.7 Å². The Morgan fingerprint density at radius 2 is 2.00 bits per heavy atom.